The Morgan fingerprint density at radius 2 is 1.57 bits per heavy atom. The van der Waals surface area contributed by atoms with Crippen molar-refractivity contribution in [2.45, 2.75) is 26.9 Å². The van der Waals surface area contributed by atoms with Crippen LogP contribution in [0, 0.1) is 6.92 Å². The average molecular weight is 382 g/mol. The van der Waals surface area contributed by atoms with Gasteiger partial charge in [-0.3, -0.25) is 14.9 Å². The van der Waals surface area contributed by atoms with E-state index in [4.69, 9.17) is 4.74 Å². The molecule has 7 nitrogen and oxygen atoms in total. The van der Waals surface area contributed by atoms with E-state index in [0.29, 0.717) is 12.1 Å². The molecule has 0 bridgehead atoms. The van der Waals surface area contributed by atoms with Crippen LogP contribution in [0.5, 0.6) is 0 Å². The van der Waals surface area contributed by atoms with E-state index in [1.807, 2.05) is 19.1 Å². The van der Waals surface area contributed by atoms with Gasteiger partial charge in [-0.15, -0.1) is 0 Å². The SMILES string of the molecule is CCNC(=O)NC(=O)[C@@H](C)OC(=O)c1ccccc1C(=O)c1ccc(C)cc1. The summed E-state index contributed by atoms with van der Waals surface area (Å²) in [5.41, 5.74) is 1.67. The van der Waals surface area contributed by atoms with Gasteiger partial charge in [0, 0.05) is 17.7 Å². The van der Waals surface area contributed by atoms with Gasteiger partial charge in [-0.25, -0.2) is 9.59 Å². The van der Waals surface area contributed by atoms with Crippen LogP contribution in [0.15, 0.2) is 48.5 Å². The van der Waals surface area contributed by atoms with E-state index in [2.05, 4.69) is 10.6 Å². The Kier molecular flexibility index (Phi) is 7.03. The number of urea groups is 1. The Morgan fingerprint density at radius 1 is 0.964 bits per heavy atom. The van der Waals surface area contributed by atoms with Crippen molar-refractivity contribution in [2.24, 2.45) is 0 Å². The number of imide groups is 1. The first-order chi connectivity index (χ1) is 13.3. The van der Waals surface area contributed by atoms with E-state index in [0.717, 1.165) is 5.56 Å². The van der Waals surface area contributed by atoms with Crippen molar-refractivity contribution in [2.75, 3.05) is 6.54 Å². The van der Waals surface area contributed by atoms with Crippen LogP contribution in [-0.2, 0) is 9.53 Å². The Bertz CT molecular complexity index is 890. The van der Waals surface area contributed by atoms with Crippen LogP contribution in [0.1, 0.15) is 45.7 Å². The summed E-state index contributed by atoms with van der Waals surface area (Å²) >= 11 is 0. The lowest BCUT2D eigenvalue weighted by Crippen LogP contribution is -2.44. The van der Waals surface area contributed by atoms with E-state index in [1.54, 1.807) is 31.2 Å². The molecule has 7 heteroatoms. The van der Waals surface area contributed by atoms with E-state index in [-0.39, 0.29) is 16.9 Å². The van der Waals surface area contributed by atoms with Gasteiger partial charge in [0.05, 0.1) is 5.56 Å². The Hall–Kier alpha value is -3.48. The third-order valence-corrected chi connectivity index (χ3v) is 3.93. The second-order valence-corrected chi connectivity index (χ2v) is 6.14. The number of nitrogens with one attached hydrogen (secondary N) is 2. The largest absolute Gasteiger partial charge is 0.449 e. The van der Waals surface area contributed by atoms with Gasteiger partial charge in [-0.2, -0.15) is 0 Å². The molecule has 2 aromatic rings. The molecule has 0 spiro atoms. The smallest absolute Gasteiger partial charge is 0.339 e. The zero-order valence-corrected chi connectivity index (χ0v) is 15.9. The molecule has 0 saturated heterocycles. The molecule has 0 radical (unpaired) electrons. The monoisotopic (exact) mass is 382 g/mol. The van der Waals surface area contributed by atoms with E-state index in [1.165, 1.54) is 19.1 Å². The molecular weight excluding hydrogens is 360 g/mol. The lowest BCUT2D eigenvalue weighted by atomic mass is 9.98. The molecule has 0 saturated carbocycles. The first kappa shape index (κ1) is 20.8. The molecular formula is C21H22N2O5. The summed E-state index contributed by atoms with van der Waals surface area (Å²) in [5.74, 6) is -1.91. The minimum Gasteiger partial charge on any atom is -0.449 e. The molecule has 1 atom stereocenters. The summed E-state index contributed by atoms with van der Waals surface area (Å²) in [6, 6.07) is 12.5. The predicted octanol–water partition coefficient (Wildman–Crippen LogP) is 2.62. The molecule has 2 N–H and O–H groups in total. The van der Waals surface area contributed by atoms with Crippen molar-refractivity contribution in [1.29, 1.82) is 0 Å². The van der Waals surface area contributed by atoms with Gasteiger partial charge >= 0.3 is 12.0 Å². The fourth-order valence-corrected chi connectivity index (χ4v) is 2.42. The summed E-state index contributed by atoms with van der Waals surface area (Å²) in [6.45, 7) is 5.31. The van der Waals surface area contributed by atoms with Gasteiger partial charge in [-0.1, -0.05) is 48.0 Å². The van der Waals surface area contributed by atoms with E-state index in [9.17, 15) is 19.2 Å². The highest BCUT2D eigenvalue weighted by molar-refractivity contribution is 6.14. The highest BCUT2D eigenvalue weighted by atomic mass is 16.5. The predicted molar refractivity (Wildman–Crippen MR) is 103 cm³/mol. The summed E-state index contributed by atoms with van der Waals surface area (Å²) in [6.07, 6.45) is -1.21. The highest BCUT2D eigenvalue weighted by Gasteiger charge is 2.24. The van der Waals surface area contributed by atoms with Gasteiger partial charge in [0.15, 0.2) is 11.9 Å². The normalized spacial score (nSPS) is 11.2. The first-order valence-electron chi connectivity index (χ1n) is 8.83. The fourth-order valence-electron chi connectivity index (χ4n) is 2.42. The van der Waals surface area contributed by atoms with Crippen LogP contribution in [0.3, 0.4) is 0 Å². The number of benzene rings is 2. The highest BCUT2D eigenvalue weighted by Crippen LogP contribution is 2.17. The quantitative estimate of drug-likeness (QED) is 0.591. The molecule has 2 rings (SSSR count). The zero-order valence-electron chi connectivity index (χ0n) is 15.9. The van der Waals surface area contributed by atoms with Crippen LogP contribution in [-0.4, -0.2) is 36.3 Å². The second kappa shape index (κ2) is 9.45. The molecule has 0 aliphatic rings. The number of rotatable bonds is 6. The molecule has 28 heavy (non-hydrogen) atoms. The van der Waals surface area contributed by atoms with Gasteiger partial charge < -0.3 is 10.1 Å². The molecule has 0 aromatic heterocycles. The van der Waals surface area contributed by atoms with Crippen molar-refractivity contribution in [3.63, 3.8) is 0 Å². The van der Waals surface area contributed by atoms with E-state index >= 15 is 0 Å². The van der Waals surface area contributed by atoms with Crippen molar-refractivity contribution in [3.05, 3.63) is 70.8 Å². The number of esters is 1. The summed E-state index contributed by atoms with van der Waals surface area (Å²) in [4.78, 5) is 48.7. The fraction of sp³-hybridized carbons (Fsp3) is 0.238. The van der Waals surface area contributed by atoms with Crippen LogP contribution in [0.2, 0.25) is 0 Å². The van der Waals surface area contributed by atoms with E-state index < -0.39 is 24.0 Å². The van der Waals surface area contributed by atoms with Gasteiger partial charge in [0.1, 0.15) is 0 Å². The molecule has 0 fully saturated rings. The maximum Gasteiger partial charge on any atom is 0.339 e. The van der Waals surface area contributed by atoms with Gasteiger partial charge in [0.25, 0.3) is 5.91 Å². The van der Waals surface area contributed by atoms with Crippen LogP contribution < -0.4 is 10.6 Å². The number of amides is 3. The number of hydrogen-bond donors (Lipinski definition) is 2. The minimum absolute atomic E-state index is 0.0470. The second-order valence-electron chi connectivity index (χ2n) is 6.14. The van der Waals surface area contributed by atoms with Crippen molar-refractivity contribution < 1.29 is 23.9 Å². The van der Waals surface area contributed by atoms with Crippen molar-refractivity contribution in [1.82, 2.24) is 10.6 Å². The Labute approximate surface area is 163 Å². The first-order valence-corrected chi connectivity index (χ1v) is 8.83. The molecule has 0 aliphatic heterocycles. The number of ether oxygens (including phenoxy) is 1. The molecule has 0 aliphatic carbocycles. The molecule has 0 heterocycles. The molecule has 3 amide bonds. The zero-order chi connectivity index (χ0) is 20.7. The maximum atomic E-state index is 12.8. The topological polar surface area (TPSA) is 102 Å². The number of carbonyl (C=O) groups is 4. The lowest BCUT2D eigenvalue weighted by Gasteiger charge is -2.14. The van der Waals surface area contributed by atoms with Crippen molar-refractivity contribution >= 4 is 23.7 Å². The van der Waals surface area contributed by atoms with Gasteiger partial charge in [-0.05, 0) is 26.8 Å². The summed E-state index contributed by atoms with van der Waals surface area (Å²) in [7, 11) is 0. The van der Waals surface area contributed by atoms with Gasteiger partial charge in [0.2, 0.25) is 0 Å². The molecule has 146 valence electrons. The van der Waals surface area contributed by atoms with Crippen LogP contribution in [0.4, 0.5) is 4.79 Å². The number of carbonyl (C=O) groups excluding carboxylic acids is 4. The molecule has 2 aromatic carbocycles. The molecule has 0 unspecified atom stereocenters. The van der Waals surface area contributed by atoms with Crippen LogP contribution in [0.25, 0.3) is 0 Å². The minimum atomic E-state index is -1.21. The third kappa shape index (κ3) is 5.26. The maximum absolute atomic E-state index is 12.8. The third-order valence-electron chi connectivity index (χ3n) is 3.93. The number of ketones is 1. The number of aryl methyl sites for hydroxylation is 1. The summed E-state index contributed by atoms with van der Waals surface area (Å²) < 4.78 is 5.14. The Balaban J connectivity index is 2.16. The number of hydrogen-bond acceptors (Lipinski definition) is 5. The Morgan fingerprint density at radius 3 is 2.18 bits per heavy atom. The lowest BCUT2D eigenvalue weighted by molar-refractivity contribution is -0.127. The van der Waals surface area contributed by atoms with Crippen LogP contribution >= 0.6 is 0 Å². The average Bonchev–Trinajstić information content (AvgIpc) is 2.68. The standard InChI is InChI=1S/C21H22N2O5/c1-4-22-21(27)23-19(25)14(3)28-20(26)17-8-6-5-7-16(17)18(24)15-11-9-13(2)10-12-15/h5-12,14H,4H2,1-3H3,(H2,22,23,25,27)/t14-/m1/s1. The van der Waals surface area contributed by atoms with Crippen molar-refractivity contribution in [3.8, 4) is 0 Å². The summed E-state index contributed by atoms with van der Waals surface area (Å²) in [5, 5.41) is 4.48.